The van der Waals surface area contributed by atoms with Gasteiger partial charge >= 0.3 is 10.1 Å². The topological polar surface area (TPSA) is 71.1 Å². The van der Waals surface area contributed by atoms with Crippen molar-refractivity contribution in [3.63, 3.8) is 0 Å². The van der Waals surface area contributed by atoms with Crippen molar-refractivity contribution >= 4 is 10.1 Å². The average molecular weight is 352 g/mol. The summed E-state index contributed by atoms with van der Waals surface area (Å²) in [6.07, 6.45) is 0. The van der Waals surface area contributed by atoms with E-state index in [0.717, 1.165) is 0 Å². The fourth-order valence-corrected chi connectivity index (χ4v) is 2.81. The third-order valence-corrected chi connectivity index (χ3v) is 4.27. The Morgan fingerprint density at radius 1 is 0.792 bits per heavy atom. The molecule has 0 atom stereocenters. The summed E-state index contributed by atoms with van der Waals surface area (Å²) >= 11 is 0. The fourth-order valence-electron chi connectivity index (χ4n) is 1.88. The molecule has 0 radical (unpaired) electrons. The smallest absolute Gasteiger partial charge is 0.339 e. The minimum atomic E-state index is -3.90. The van der Waals surface area contributed by atoms with Crippen LogP contribution < -0.4 is 13.7 Å². The van der Waals surface area contributed by atoms with Gasteiger partial charge in [-0.3, -0.25) is 0 Å². The van der Waals surface area contributed by atoms with Crippen molar-refractivity contribution in [2.45, 2.75) is 11.8 Å². The maximum Gasteiger partial charge on any atom is 0.339 e. The van der Waals surface area contributed by atoms with Crippen LogP contribution in [0.5, 0.6) is 17.2 Å². The Morgan fingerprint density at radius 3 is 1.92 bits per heavy atom. The third-order valence-electron chi connectivity index (χ3n) is 3.01. The molecule has 0 fully saturated rings. The second-order valence-corrected chi connectivity index (χ2v) is 6.30. The summed E-state index contributed by atoms with van der Waals surface area (Å²) < 4.78 is 45.2. The molecule has 2 aromatic carbocycles. The van der Waals surface area contributed by atoms with E-state index in [1.165, 1.54) is 12.1 Å². The van der Waals surface area contributed by atoms with Crippen molar-refractivity contribution < 1.29 is 26.8 Å². The lowest BCUT2D eigenvalue weighted by molar-refractivity contribution is 0.146. The summed E-state index contributed by atoms with van der Waals surface area (Å²) in [4.78, 5) is 0.0514. The molecule has 2 aromatic rings. The molecule has 24 heavy (non-hydrogen) atoms. The van der Waals surface area contributed by atoms with Crippen LogP contribution in [0.1, 0.15) is 6.92 Å². The van der Waals surface area contributed by atoms with Gasteiger partial charge in [-0.15, -0.1) is 0 Å². The summed E-state index contributed by atoms with van der Waals surface area (Å²) in [5.41, 5.74) is 0. The quantitative estimate of drug-likeness (QED) is 0.510. The maximum absolute atomic E-state index is 12.3. The van der Waals surface area contributed by atoms with Crippen molar-refractivity contribution in [1.29, 1.82) is 0 Å². The Bertz CT molecular complexity index is 723. The lowest BCUT2D eigenvalue weighted by atomic mass is 10.3. The molecule has 0 aromatic heterocycles. The van der Waals surface area contributed by atoms with Crippen molar-refractivity contribution in [1.82, 2.24) is 0 Å². The molecule has 0 N–H and O–H groups in total. The number of hydrogen-bond donors (Lipinski definition) is 0. The van der Waals surface area contributed by atoms with Gasteiger partial charge in [0.1, 0.15) is 28.8 Å². The third kappa shape index (κ3) is 5.14. The second kappa shape index (κ2) is 8.56. The van der Waals surface area contributed by atoms with E-state index in [-0.39, 0.29) is 10.6 Å². The van der Waals surface area contributed by atoms with Gasteiger partial charge in [0.05, 0.1) is 13.2 Å². The van der Waals surface area contributed by atoms with Crippen molar-refractivity contribution in [3.05, 3.63) is 48.5 Å². The van der Waals surface area contributed by atoms with E-state index in [4.69, 9.17) is 18.4 Å². The van der Waals surface area contributed by atoms with Crippen molar-refractivity contribution in [2.75, 3.05) is 26.9 Å². The lowest BCUT2D eigenvalue weighted by Gasteiger charge is -2.09. The molecular weight excluding hydrogens is 332 g/mol. The minimum Gasteiger partial charge on any atom is -0.494 e. The highest BCUT2D eigenvalue weighted by atomic mass is 32.2. The van der Waals surface area contributed by atoms with E-state index in [9.17, 15) is 8.42 Å². The zero-order valence-corrected chi connectivity index (χ0v) is 14.4. The van der Waals surface area contributed by atoms with Crippen molar-refractivity contribution in [2.24, 2.45) is 0 Å². The van der Waals surface area contributed by atoms with Crippen LogP contribution in [0.3, 0.4) is 0 Å². The first kappa shape index (κ1) is 18.1. The molecule has 0 aliphatic heterocycles. The average Bonchev–Trinajstić information content (AvgIpc) is 2.57. The molecule has 0 amide bonds. The molecule has 0 saturated carbocycles. The zero-order chi connectivity index (χ0) is 17.4. The highest BCUT2D eigenvalue weighted by molar-refractivity contribution is 7.87. The Labute approximate surface area is 142 Å². The summed E-state index contributed by atoms with van der Waals surface area (Å²) in [5.74, 6) is 1.44. The predicted molar refractivity (Wildman–Crippen MR) is 89.2 cm³/mol. The van der Waals surface area contributed by atoms with Crippen LogP contribution in [-0.2, 0) is 14.9 Å². The first-order chi connectivity index (χ1) is 11.5. The molecule has 130 valence electrons. The van der Waals surface area contributed by atoms with Gasteiger partial charge in [-0.05, 0) is 55.5 Å². The normalized spacial score (nSPS) is 11.1. The van der Waals surface area contributed by atoms with Crippen LogP contribution >= 0.6 is 0 Å². The Morgan fingerprint density at radius 2 is 1.33 bits per heavy atom. The molecule has 7 heteroatoms. The lowest BCUT2D eigenvalue weighted by Crippen LogP contribution is -2.10. The summed E-state index contributed by atoms with van der Waals surface area (Å²) in [7, 11) is -2.32. The van der Waals surface area contributed by atoms with E-state index < -0.39 is 10.1 Å². The first-order valence-corrected chi connectivity index (χ1v) is 8.85. The highest BCUT2D eigenvalue weighted by Crippen LogP contribution is 2.23. The molecule has 0 heterocycles. The van der Waals surface area contributed by atoms with Crippen molar-refractivity contribution in [3.8, 4) is 17.2 Å². The van der Waals surface area contributed by atoms with Gasteiger partial charge in [0, 0.05) is 7.11 Å². The van der Waals surface area contributed by atoms with E-state index in [1.807, 2.05) is 6.92 Å². The van der Waals surface area contributed by atoms with Gasteiger partial charge < -0.3 is 18.4 Å². The molecule has 0 aliphatic rings. The highest BCUT2D eigenvalue weighted by Gasteiger charge is 2.16. The number of rotatable bonds is 9. The summed E-state index contributed by atoms with van der Waals surface area (Å²) in [6.45, 7) is 3.26. The second-order valence-electron chi connectivity index (χ2n) is 4.75. The van der Waals surface area contributed by atoms with Crippen LogP contribution in [-0.4, -0.2) is 35.3 Å². The number of hydrogen-bond acceptors (Lipinski definition) is 6. The van der Waals surface area contributed by atoms with Gasteiger partial charge in [-0.2, -0.15) is 8.42 Å². The Balaban J connectivity index is 2.03. The predicted octanol–water partition coefficient (Wildman–Crippen LogP) is 2.88. The molecule has 0 saturated heterocycles. The van der Waals surface area contributed by atoms with E-state index in [1.54, 1.807) is 43.5 Å². The van der Waals surface area contributed by atoms with Crippen LogP contribution in [0.25, 0.3) is 0 Å². The van der Waals surface area contributed by atoms with Gasteiger partial charge in [-0.25, -0.2) is 0 Å². The molecule has 0 spiro atoms. The number of ether oxygens (including phenoxy) is 3. The first-order valence-electron chi connectivity index (χ1n) is 7.44. The molecule has 0 aliphatic carbocycles. The number of methoxy groups -OCH3 is 1. The molecule has 0 unspecified atom stereocenters. The monoisotopic (exact) mass is 352 g/mol. The maximum atomic E-state index is 12.3. The largest absolute Gasteiger partial charge is 0.494 e. The number of benzene rings is 2. The van der Waals surface area contributed by atoms with Crippen LogP contribution in [0.15, 0.2) is 53.4 Å². The van der Waals surface area contributed by atoms with E-state index >= 15 is 0 Å². The Hall–Kier alpha value is -2.25. The summed E-state index contributed by atoms with van der Waals surface area (Å²) in [6, 6.07) is 12.4. The zero-order valence-electron chi connectivity index (χ0n) is 13.6. The fraction of sp³-hybridized carbons (Fsp3) is 0.294. The molecule has 2 rings (SSSR count). The molecule has 0 bridgehead atoms. The SMILES string of the molecule is CCOc1ccc(OS(=O)(=O)c2ccc(OCCOC)cc2)cc1. The standard InChI is InChI=1S/C17H20O6S/c1-3-21-14-4-6-16(7-5-14)23-24(18,19)17-10-8-15(9-11-17)22-13-12-20-2/h4-11H,3,12-13H2,1-2H3. The van der Waals surface area contributed by atoms with E-state index in [0.29, 0.717) is 31.3 Å². The van der Waals surface area contributed by atoms with Gasteiger partial charge in [0.25, 0.3) is 0 Å². The van der Waals surface area contributed by atoms with Crippen LogP contribution in [0.4, 0.5) is 0 Å². The Kier molecular flexibility index (Phi) is 6.45. The van der Waals surface area contributed by atoms with Gasteiger partial charge in [0.15, 0.2) is 0 Å². The molecule has 6 nitrogen and oxygen atoms in total. The summed E-state index contributed by atoms with van der Waals surface area (Å²) in [5, 5.41) is 0. The minimum absolute atomic E-state index is 0.0514. The van der Waals surface area contributed by atoms with Crippen LogP contribution in [0.2, 0.25) is 0 Å². The van der Waals surface area contributed by atoms with Crippen LogP contribution in [0, 0.1) is 0 Å². The van der Waals surface area contributed by atoms with Gasteiger partial charge in [-0.1, -0.05) is 0 Å². The van der Waals surface area contributed by atoms with Gasteiger partial charge in [0.2, 0.25) is 0 Å². The van der Waals surface area contributed by atoms with E-state index in [2.05, 4.69) is 0 Å². The molecular formula is C17H20O6S.